The summed E-state index contributed by atoms with van der Waals surface area (Å²) in [5.41, 5.74) is 0. The van der Waals surface area contributed by atoms with Crippen LogP contribution in [0, 0.1) is 0 Å². The smallest absolute Gasteiger partial charge is 0.410 e. The monoisotopic (exact) mass is 280 g/mol. The van der Waals surface area contributed by atoms with Crippen LogP contribution in [0.3, 0.4) is 0 Å². The molecule has 0 aromatic rings. The van der Waals surface area contributed by atoms with Crippen LogP contribution in [0.1, 0.15) is 0 Å². The molecule has 0 aliphatic rings. The lowest BCUT2D eigenvalue weighted by Crippen LogP contribution is -1.89. The van der Waals surface area contributed by atoms with Gasteiger partial charge in [0.05, 0.1) is 5.03 Å². The molecule has 82 valence electrons. The standard InChI is InChI=1S/C6H8Cl3O4P/c1-11-14(10,12-2)13-4-5(7)3-6(8)9/h3-4H,1-2H3. The van der Waals surface area contributed by atoms with E-state index in [-0.39, 0.29) is 9.52 Å². The second-order valence-electron chi connectivity index (χ2n) is 1.85. The molecule has 0 heterocycles. The van der Waals surface area contributed by atoms with E-state index in [1.807, 2.05) is 0 Å². The minimum absolute atomic E-state index is 0.0549. The third kappa shape index (κ3) is 5.91. The summed E-state index contributed by atoms with van der Waals surface area (Å²) in [5, 5.41) is 0.0549. The fourth-order valence-corrected chi connectivity index (χ4v) is 1.54. The molecule has 8 heteroatoms. The average Bonchev–Trinajstić information content (AvgIpc) is 2.13. The summed E-state index contributed by atoms with van der Waals surface area (Å²) < 4.78 is 24.8. The van der Waals surface area contributed by atoms with E-state index in [2.05, 4.69) is 13.6 Å². The summed E-state index contributed by atoms with van der Waals surface area (Å²) in [4.78, 5) is 0. The Kier molecular flexibility index (Phi) is 6.87. The maximum absolute atomic E-state index is 11.3. The fraction of sp³-hybridized carbons (Fsp3) is 0.333. The molecule has 0 aromatic heterocycles. The highest BCUT2D eigenvalue weighted by Gasteiger charge is 2.22. The van der Waals surface area contributed by atoms with Gasteiger partial charge in [-0.05, 0) is 6.08 Å². The van der Waals surface area contributed by atoms with E-state index < -0.39 is 7.82 Å². The first-order chi connectivity index (χ1) is 6.43. The van der Waals surface area contributed by atoms with Gasteiger partial charge in [0, 0.05) is 14.2 Å². The molecule has 0 atom stereocenters. The Hall–Kier alpha value is 0.300. The van der Waals surface area contributed by atoms with Crippen molar-refractivity contribution in [3.8, 4) is 0 Å². The summed E-state index contributed by atoms with van der Waals surface area (Å²) in [6.45, 7) is 0. The van der Waals surface area contributed by atoms with E-state index >= 15 is 0 Å². The molecular weight excluding hydrogens is 273 g/mol. The third-order valence-corrected chi connectivity index (χ3v) is 2.66. The topological polar surface area (TPSA) is 44.8 Å². The van der Waals surface area contributed by atoms with Gasteiger partial charge in [-0.1, -0.05) is 34.8 Å². The zero-order valence-corrected chi connectivity index (χ0v) is 10.5. The molecule has 0 amide bonds. The maximum atomic E-state index is 11.3. The van der Waals surface area contributed by atoms with Crippen molar-refractivity contribution < 1.29 is 18.1 Å². The lowest BCUT2D eigenvalue weighted by molar-refractivity contribution is 0.193. The van der Waals surface area contributed by atoms with Crippen LogP contribution < -0.4 is 0 Å². The van der Waals surface area contributed by atoms with E-state index in [1.165, 1.54) is 20.3 Å². The molecule has 0 aliphatic carbocycles. The van der Waals surface area contributed by atoms with Gasteiger partial charge in [-0.15, -0.1) is 0 Å². The van der Waals surface area contributed by atoms with Gasteiger partial charge in [-0.2, -0.15) is 0 Å². The summed E-state index contributed by atoms with van der Waals surface area (Å²) in [7, 11) is -1.20. The Morgan fingerprint density at radius 2 is 1.71 bits per heavy atom. The van der Waals surface area contributed by atoms with Crippen LogP contribution in [0.5, 0.6) is 0 Å². The molecule has 0 aromatic carbocycles. The minimum atomic E-state index is -3.55. The Bertz CT molecular complexity index is 277. The third-order valence-electron chi connectivity index (χ3n) is 0.989. The van der Waals surface area contributed by atoms with Crippen LogP contribution in [0.2, 0.25) is 0 Å². The van der Waals surface area contributed by atoms with E-state index in [4.69, 9.17) is 34.8 Å². The first-order valence-corrected chi connectivity index (χ1v) is 5.81. The van der Waals surface area contributed by atoms with Crippen molar-refractivity contribution in [3.63, 3.8) is 0 Å². The normalized spacial score (nSPS) is 12.5. The summed E-state index contributed by atoms with van der Waals surface area (Å²) in [6.07, 6.45) is 2.15. The minimum Gasteiger partial charge on any atom is -0.410 e. The van der Waals surface area contributed by atoms with E-state index in [0.29, 0.717) is 0 Å². The van der Waals surface area contributed by atoms with Crippen LogP contribution in [-0.2, 0) is 18.1 Å². The van der Waals surface area contributed by atoms with Crippen molar-refractivity contribution in [1.29, 1.82) is 0 Å². The van der Waals surface area contributed by atoms with Gasteiger partial charge >= 0.3 is 7.82 Å². The van der Waals surface area contributed by atoms with Crippen molar-refractivity contribution in [2.24, 2.45) is 0 Å². The Balaban J connectivity index is 4.42. The molecule has 4 nitrogen and oxygen atoms in total. The predicted molar refractivity (Wildman–Crippen MR) is 56.4 cm³/mol. The number of phosphoric ester groups is 1. The van der Waals surface area contributed by atoms with Crippen molar-refractivity contribution in [3.05, 3.63) is 21.9 Å². The maximum Gasteiger partial charge on any atom is 0.528 e. The van der Waals surface area contributed by atoms with Crippen molar-refractivity contribution in [2.75, 3.05) is 14.2 Å². The molecule has 0 radical (unpaired) electrons. The first-order valence-electron chi connectivity index (χ1n) is 3.22. The first kappa shape index (κ1) is 14.3. The number of phosphoric acid groups is 1. The van der Waals surface area contributed by atoms with E-state index in [9.17, 15) is 4.57 Å². The van der Waals surface area contributed by atoms with Crippen molar-refractivity contribution in [2.45, 2.75) is 0 Å². The molecule has 0 fully saturated rings. The molecule has 0 rings (SSSR count). The molecule has 0 saturated carbocycles. The largest absolute Gasteiger partial charge is 0.528 e. The van der Waals surface area contributed by atoms with Crippen LogP contribution in [0.15, 0.2) is 21.9 Å². The Labute approximate surface area is 97.0 Å². The molecule has 14 heavy (non-hydrogen) atoms. The van der Waals surface area contributed by atoms with Crippen LogP contribution in [0.25, 0.3) is 0 Å². The van der Waals surface area contributed by atoms with Crippen LogP contribution in [0.4, 0.5) is 0 Å². The number of hydrogen-bond donors (Lipinski definition) is 0. The molecule has 0 saturated heterocycles. The number of rotatable bonds is 5. The van der Waals surface area contributed by atoms with Crippen LogP contribution >= 0.6 is 42.6 Å². The highest BCUT2D eigenvalue weighted by molar-refractivity contribution is 7.48. The van der Waals surface area contributed by atoms with E-state index in [0.717, 1.165) is 6.26 Å². The molecule has 0 bridgehead atoms. The summed E-state index contributed by atoms with van der Waals surface area (Å²) >= 11 is 16.2. The van der Waals surface area contributed by atoms with Crippen molar-refractivity contribution in [1.82, 2.24) is 0 Å². The average molecular weight is 281 g/mol. The van der Waals surface area contributed by atoms with Crippen molar-refractivity contribution >= 4 is 42.6 Å². The molecule has 0 N–H and O–H groups in total. The molecule has 0 aliphatic heterocycles. The van der Waals surface area contributed by atoms with Gasteiger partial charge in [0.2, 0.25) is 0 Å². The summed E-state index contributed by atoms with van der Waals surface area (Å²) in [5.74, 6) is 0. The SMILES string of the molecule is COP(=O)(OC)OC=C(Cl)C=C(Cl)Cl. The highest BCUT2D eigenvalue weighted by Crippen LogP contribution is 2.48. The molecule has 0 unspecified atom stereocenters. The molecule has 0 spiro atoms. The van der Waals surface area contributed by atoms with E-state index in [1.54, 1.807) is 0 Å². The highest BCUT2D eigenvalue weighted by atomic mass is 35.5. The zero-order chi connectivity index (χ0) is 11.2. The van der Waals surface area contributed by atoms with Crippen LogP contribution in [-0.4, -0.2) is 14.2 Å². The lowest BCUT2D eigenvalue weighted by atomic mass is 10.6. The lowest BCUT2D eigenvalue weighted by Gasteiger charge is -2.10. The van der Waals surface area contributed by atoms with Gasteiger partial charge in [0.15, 0.2) is 0 Å². The predicted octanol–water partition coefficient (Wildman–Crippen LogP) is 3.80. The second-order valence-corrected chi connectivity index (χ2v) is 5.13. The van der Waals surface area contributed by atoms with Gasteiger partial charge in [0.25, 0.3) is 0 Å². The van der Waals surface area contributed by atoms with Gasteiger partial charge in [-0.3, -0.25) is 9.05 Å². The number of hydrogen-bond acceptors (Lipinski definition) is 4. The Morgan fingerprint density at radius 3 is 2.07 bits per heavy atom. The number of halogens is 3. The quantitative estimate of drug-likeness (QED) is 0.437. The summed E-state index contributed by atoms with van der Waals surface area (Å²) in [6, 6.07) is 0. The Morgan fingerprint density at radius 1 is 1.21 bits per heavy atom. The van der Waals surface area contributed by atoms with Gasteiger partial charge in [0.1, 0.15) is 10.8 Å². The molecular formula is C6H8Cl3O4P. The van der Waals surface area contributed by atoms with Gasteiger partial charge < -0.3 is 4.52 Å². The number of allylic oxidation sites excluding steroid dienone is 2. The fourth-order valence-electron chi connectivity index (χ4n) is 0.414. The van der Waals surface area contributed by atoms with Gasteiger partial charge in [-0.25, -0.2) is 4.57 Å². The zero-order valence-electron chi connectivity index (χ0n) is 7.37. The second kappa shape index (κ2) is 6.72.